The highest BCUT2D eigenvalue weighted by Crippen LogP contribution is 2.26. The summed E-state index contributed by atoms with van der Waals surface area (Å²) in [6, 6.07) is 6.35. The second-order valence-corrected chi connectivity index (χ2v) is 6.70. The molecule has 32 heavy (non-hydrogen) atoms. The van der Waals surface area contributed by atoms with Crippen molar-refractivity contribution in [2.24, 2.45) is 7.05 Å². The maximum absolute atomic E-state index is 13.0. The minimum absolute atomic E-state index is 0.132. The third kappa shape index (κ3) is 4.03. The summed E-state index contributed by atoms with van der Waals surface area (Å²) in [6.45, 7) is 0.542. The number of ether oxygens (including phenoxy) is 1. The number of aromatic nitrogens is 10. The van der Waals surface area contributed by atoms with Crippen LogP contribution in [0, 0.1) is 5.82 Å². The van der Waals surface area contributed by atoms with E-state index >= 15 is 0 Å². The zero-order chi connectivity index (χ0) is 21.9. The molecular formula is C19H15FN10O2. The van der Waals surface area contributed by atoms with Crippen molar-refractivity contribution in [1.29, 1.82) is 0 Å². The minimum atomic E-state index is -0.436. The zero-order valence-electron chi connectivity index (χ0n) is 16.7. The fourth-order valence-corrected chi connectivity index (χ4v) is 2.98. The summed E-state index contributed by atoms with van der Waals surface area (Å²) in [6.07, 6.45) is 5.87. The Hall–Kier alpha value is -4.55. The van der Waals surface area contributed by atoms with Gasteiger partial charge in [0.2, 0.25) is 11.7 Å². The van der Waals surface area contributed by atoms with E-state index < -0.39 is 5.82 Å². The van der Waals surface area contributed by atoms with Crippen LogP contribution in [0.3, 0.4) is 0 Å². The maximum atomic E-state index is 13.0. The third-order valence-corrected chi connectivity index (χ3v) is 4.57. The summed E-state index contributed by atoms with van der Waals surface area (Å²) in [5.41, 5.74) is 2.79. The van der Waals surface area contributed by atoms with Crippen LogP contribution in [0.4, 0.5) is 4.39 Å². The Morgan fingerprint density at radius 2 is 2.09 bits per heavy atom. The van der Waals surface area contributed by atoms with Crippen molar-refractivity contribution >= 4 is 0 Å². The summed E-state index contributed by atoms with van der Waals surface area (Å²) in [5, 5.41) is 19.4. The molecule has 0 saturated heterocycles. The molecule has 0 amide bonds. The fraction of sp³-hybridized carbons (Fsp3) is 0.158. The van der Waals surface area contributed by atoms with Gasteiger partial charge in [-0.25, -0.2) is 14.1 Å². The molecule has 5 heterocycles. The van der Waals surface area contributed by atoms with Gasteiger partial charge in [0, 0.05) is 24.9 Å². The lowest BCUT2D eigenvalue weighted by Crippen LogP contribution is -2.05. The number of pyridine rings is 2. The quantitative estimate of drug-likeness (QED) is 0.372. The topological polar surface area (TPSA) is 135 Å². The van der Waals surface area contributed by atoms with E-state index in [1.165, 1.54) is 18.5 Å². The summed E-state index contributed by atoms with van der Waals surface area (Å²) in [4.78, 5) is 12.7. The second kappa shape index (κ2) is 8.29. The summed E-state index contributed by atoms with van der Waals surface area (Å²) < 4.78 is 27.4. The molecule has 0 aliphatic heterocycles. The Morgan fingerprint density at radius 3 is 2.91 bits per heavy atom. The van der Waals surface area contributed by atoms with Gasteiger partial charge in [-0.3, -0.25) is 9.67 Å². The van der Waals surface area contributed by atoms with Crippen LogP contribution in [-0.4, -0.2) is 50.1 Å². The number of rotatable bonds is 7. The molecule has 13 heteroatoms. The number of nitrogens with zero attached hydrogens (tertiary/aromatic N) is 10. The number of tetrazole rings is 1. The number of aryl methyl sites for hydroxylation is 1. The monoisotopic (exact) mass is 434 g/mol. The minimum Gasteiger partial charge on any atom is -0.471 e. The lowest BCUT2D eigenvalue weighted by atomic mass is 10.2. The predicted octanol–water partition coefficient (Wildman–Crippen LogP) is 1.68. The Balaban J connectivity index is 1.36. The zero-order valence-corrected chi connectivity index (χ0v) is 16.7. The Kier molecular flexibility index (Phi) is 5.03. The van der Waals surface area contributed by atoms with Crippen molar-refractivity contribution < 1.29 is 13.7 Å². The van der Waals surface area contributed by atoms with E-state index in [1.54, 1.807) is 34.9 Å². The SMILES string of the molecule is Cn1ncc(-c2nc(-c3ccnc(Cn4cnnn4)c3)no2)c1COc1ccc(F)cn1. The van der Waals surface area contributed by atoms with Crippen LogP contribution >= 0.6 is 0 Å². The first kappa shape index (κ1) is 19.4. The molecule has 0 saturated carbocycles. The van der Waals surface area contributed by atoms with Gasteiger partial charge in [-0.15, -0.1) is 5.10 Å². The van der Waals surface area contributed by atoms with E-state index in [0.29, 0.717) is 23.6 Å². The first-order valence-corrected chi connectivity index (χ1v) is 9.41. The van der Waals surface area contributed by atoms with Gasteiger partial charge in [0.05, 0.1) is 35.9 Å². The predicted molar refractivity (Wildman–Crippen MR) is 105 cm³/mol. The third-order valence-electron chi connectivity index (χ3n) is 4.57. The number of halogens is 1. The van der Waals surface area contributed by atoms with Gasteiger partial charge in [0.1, 0.15) is 18.8 Å². The van der Waals surface area contributed by atoms with E-state index in [4.69, 9.17) is 9.26 Å². The molecule has 12 nitrogen and oxygen atoms in total. The lowest BCUT2D eigenvalue weighted by Gasteiger charge is -2.06. The normalized spacial score (nSPS) is 11.1. The van der Waals surface area contributed by atoms with Gasteiger partial charge < -0.3 is 9.26 Å². The molecule has 5 aromatic heterocycles. The van der Waals surface area contributed by atoms with Gasteiger partial charge >= 0.3 is 0 Å². The van der Waals surface area contributed by atoms with E-state index in [2.05, 4.69) is 40.7 Å². The highest BCUT2D eigenvalue weighted by molar-refractivity contribution is 5.61. The van der Waals surface area contributed by atoms with Crippen molar-refractivity contribution in [3.8, 4) is 28.7 Å². The molecule has 5 rings (SSSR count). The molecule has 5 aromatic rings. The average Bonchev–Trinajstić information content (AvgIpc) is 3.55. The molecule has 0 aliphatic carbocycles. The van der Waals surface area contributed by atoms with Gasteiger partial charge in [-0.1, -0.05) is 5.16 Å². The lowest BCUT2D eigenvalue weighted by molar-refractivity contribution is 0.282. The van der Waals surface area contributed by atoms with Crippen molar-refractivity contribution in [3.63, 3.8) is 0 Å². The molecule has 0 radical (unpaired) electrons. The number of hydrogen-bond donors (Lipinski definition) is 0. The Morgan fingerprint density at radius 1 is 1.16 bits per heavy atom. The summed E-state index contributed by atoms with van der Waals surface area (Å²) in [5.74, 6) is 0.541. The molecule has 0 aromatic carbocycles. The van der Waals surface area contributed by atoms with Gasteiger partial charge in [0.25, 0.3) is 5.89 Å². The second-order valence-electron chi connectivity index (χ2n) is 6.70. The van der Waals surface area contributed by atoms with Crippen molar-refractivity contribution in [2.45, 2.75) is 13.2 Å². The first-order chi connectivity index (χ1) is 15.7. The van der Waals surface area contributed by atoms with Crippen LogP contribution < -0.4 is 4.74 Å². The van der Waals surface area contributed by atoms with Crippen molar-refractivity contribution in [1.82, 2.24) is 50.1 Å². The van der Waals surface area contributed by atoms with Crippen LogP contribution in [0.2, 0.25) is 0 Å². The highest BCUT2D eigenvalue weighted by atomic mass is 19.1. The van der Waals surface area contributed by atoms with E-state index in [1.807, 2.05) is 6.07 Å². The van der Waals surface area contributed by atoms with Crippen molar-refractivity contribution in [2.75, 3.05) is 0 Å². The van der Waals surface area contributed by atoms with Crippen molar-refractivity contribution in [3.05, 3.63) is 66.4 Å². The molecule has 0 atom stereocenters. The van der Waals surface area contributed by atoms with Gasteiger partial charge in [0.15, 0.2) is 0 Å². The van der Waals surface area contributed by atoms with E-state index in [-0.39, 0.29) is 18.4 Å². The standard InChI is InChI=1S/C19H15FN10O2/c1-29-16(10-31-17-3-2-13(20)7-22-17)15(8-24-29)19-25-18(26-32-19)12-4-5-21-14(6-12)9-30-11-23-27-28-30/h2-8,11H,9-10H2,1H3. The molecule has 0 bridgehead atoms. The Labute approximate surface area is 179 Å². The molecule has 0 aliphatic rings. The highest BCUT2D eigenvalue weighted by Gasteiger charge is 2.19. The average molecular weight is 434 g/mol. The van der Waals surface area contributed by atoms with E-state index in [0.717, 1.165) is 17.5 Å². The summed E-state index contributed by atoms with van der Waals surface area (Å²) >= 11 is 0. The smallest absolute Gasteiger partial charge is 0.261 e. The molecule has 0 fully saturated rings. The molecular weight excluding hydrogens is 419 g/mol. The fourth-order valence-electron chi connectivity index (χ4n) is 2.98. The van der Waals surface area contributed by atoms with Crippen LogP contribution in [0.1, 0.15) is 11.4 Å². The molecule has 160 valence electrons. The largest absolute Gasteiger partial charge is 0.471 e. The van der Waals surface area contributed by atoms with Crippen LogP contribution in [0.25, 0.3) is 22.8 Å². The number of hydrogen-bond acceptors (Lipinski definition) is 10. The van der Waals surface area contributed by atoms with Gasteiger partial charge in [-0.05, 0) is 28.6 Å². The van der Waals surface area contributed by atoms with Crippen LogP contribution in [-0.2, 0) is 20.2 Å². The Bertz CT molecular complexity index is 1330. The summed E-state index contributed by atoms with van der Waals surface area (Å²) in [7, 11) is 1.77. The van der Waals surface area contributed by atoms with E-state index in [9.17, 15) is 4.39 Å². The molecule has 0 spiro atoms. The van der Waals surface area contributed by atoms with Crippen LogP contribution in [0.15, 0.2) is 53.7 Å². The maximum Gasteiger partial charge on any atom is 0.261 e. The van der Waals surface area contributed by atoms with Crippen LogP contribution in [0.5, 0.6) is 5.88 Å². The molecule has 0 unspecified atom stereocenters. The first-order valence-electron chi connectivity index (χ1n) is 9.41. The van der Waals surface area contributed by atoms with Gasteiger partial charge in [-0.2, -0.15) is 10.1 Å². The molecule has 0 N–H and O–H groups in total.